The topological polar surface area (TPSA) is 45.1 Å². The monoisotopic (exact) mass is 352 g/mol. The molecular formula is C15H14BrClN2O. The number of aromatic hydroxyl groups is 1. The number of phenols is 1. The quantitative estimate of drug-likeness (QED) is 0.770. The van der Waals surface area contributed by atoms with Gasteiger partial charge in [-0.15, -0.1) is 0 Å². The van der Waals surface area contributed by atoms with Crippen LogP contribution in [-0.2, 0) is 6.42 Å². The Labute approximate surface area is 131 Å². The Bertz CT molecular complexity index is 648. The molecule has 0 radical (unpaired) electrons. The van der Waals surface area contributed by atoms with E-state index in [0.29, 0.717) is 10.9 Å². The number of nitrogens with one attached hydrogen (secondary N) is 1. The molecule has 0 bridgehead atoms. The molecule has 0 spiro atoms. The molecule has 5 heteroatoms. The molecule has 1 aliphatic carbocycles. The van der Waals surface area contributed by atoms with Gasteiger partial charge in [0.2, 0.25) is 0 Å². The van der Waals surface area contributed by atoms with E-state index in [2.05, 4.69) is 26.2 Å². The third kappa shape index (κ3) is 2.76. The predicted octanol–water partition coefficient (Wildman–Crippen LogP) is 4.69. The van der Waals surface area contributed by atoms with E-state index in [1.165, 1.54) is 5.56 Å². The molecule has 2 N–H and O–H groups in total. The number of rotatable bonds is 2. The van der Waals surface area contributed by atoms with Gasteiger partial charge >= 0.3 is 0 Å². The van der Waals surface area contributed by atoms with Gasteiger partial charge in [0, 0.05) is 10.7 Å². The number of pyridine rings is 1. The largest absolute Gasteiger partial charge is 0.508 e. The number of aromatic nitrogens is 1. The van der Waals surface area contributed by atoms with Crippen molar-refractivity contribution in [2.45, 2.75) is 25.3 Å². The van der Waals surface area contributed by atoms with Crippen molar-refractivity contribution in [2.24, 2.45) is 0 Å². The summed E-state index contributed by atoms with van der Waals surface area (Å²) in [5.74, 6) is 0.302. The van der Waals surface area contributed by atoms with Gasteiger partial charge in [0.25, 0.3) is 0 Å². The van der Waals surface area contributed by atoms with Gasteiger partial charge in [-0.05, 0) is 64.5 Å². The minimum absolute atomic E-state index is 0.152. The second kappa shape index (κ2) is 5.62. The van der Waals surface area contributed by atoms with E-state index in [0.717, 1.165) is 35.0 Å². The summed E-state index contributed by atoms with van der Waals surface area (Å²) in [6.07, 6.45) is 4.86. The zero-order valence-corrected chi connectivity index (χ0v) is 13.1. The van der Waals surface area contributed by atoms with Crippen molar-refractivity contribution in [2.75, 3.05) is 5.32 Å². The molecule has 0 saturated heterocycles. The van der Waals surface area contributed by atoms with Crippen molar-refractivity contribution < 1.29 is 5.11 Å². The Morgan fingerprint density at radius 1 is 1.35 bits per heavy atom. The van der Waals surface area contributed by atoms with Crippen LogP contribution in [0.2, 0.25) is 5.15 Å². The number of benzene rings is 1. The van der Waals surface area contributed by atoms with Crippen LogP contribution in [0.4, 0.5) is 5.69 Å². The second-order valence-electron chi connectivity index (χ2n) is 4.96. The van der Waals surface area contributed by atoms with Crippen LogP contribution < -0.4 is 5.32 Å². The van der Waals surface area contributed by atoms with E-state index < -0.39 is 0 Å². The van der Waals surface area contributed by atoms with Gasteiger partial charge in [-0.2, -0.15) is 0 Å². The lowest BCUT2D eigenvalue weighted by atomic mass is 9.87. The summed E-state index contributed by atoms with van der Waals surface area (Å²) in [5.41, 5.74) is 3.24. The number of hydrogen-bond donors (Lipinski definition) is 2. The van der Waals surface area contributed by atoms with Crippen LogP contribution in [0.3, 0.4) is 0 Å². The Morgan fingerprint density at radius 3 is 3.05 bits per heavy atom. The summed E-state index contributed by atoms with van der Waals surface area (Å²) in [5, 5.41) is 13.6. The highest BCUT2D eigenvalue weighted by molar-refractivity contribution is 9.10. The average molecular weight is 354 g/mol. The molecule has 0 fully saturated rings. The van der Waals surface area contributed by atoms with E-state index in [1.807, 2.05) is 18.2 Å². The third-order valence-electron chi connectivity index (χ3n) is 3.58. The molecule has 104 valence electrons. The van der Waals surface area contributed by atoms with E-state index in [4.69, 9.17) is 11.6 Å². The SMILES string of the molecule is Oc1ccc2c(c1)C(Nc1cc(Br)cnc1Cl)CCC2. The Morgan fingerprint density at radius 2 is 2.20 bits per heavy atom. The first-order valence-electron chi connectivity index (χ1n) is 6.53. The van der Waals surface area contributed by atoms with Crippen molar-refractivity contribution in [3.05, 3.63) is 51.2 Å². The van der Waals surface area contributed by atoms with Crippen molar-refractivity contribution in [1.29, 1.82) is 0 Å². The Kier molecular flexibility index (Phi) is 3.85. The Balaban J connectivity index is 1.93. The average Bonchev–Trinajstić information content (AvgIpc) is 2.43. The molecule has 1 atom stereocenters. The van der Waals surface area contributed by atoms with Gasteiger partial charge in [0.15, 0.2) is 5.15 Å². The van der Waals surface area contributed by atoms with Gasteiger partial charge < -0.3 is 10.4 Å². The van der Waals surface area contributed by atoms with Gasteiger partial charge in [0.05, 0.1) is 11.7 Å². The number of nitrogens with zero attached hydrogens (tertiary/aromatic N) is 1. The fourth-order valence-electron chi connectivity index (χ4n) is 2.65. The van der Waals surface area contributed by atoms with Crippen LogP contribution in [0.1, 0.15) is 30.0 Å². The number of anilines is 1. The molecule has 3 nitrogen and oxygen atoms in total. The summed E-state index contributed by atoms with van der Waals surface area (Å²) < 4.78 is 0.886. The molecule has 1 unspecified atom stereocenters. The molecule has 0 amide bonds. The fraction of sp³-hybridized carbons (Fsp3) is 0.267. The summed E-state index contributed by atoms with van der Waals surface area (Å²) >= 11 is 9.53. The summed E-state index contributed by atoms with van der Waals surface area (Å²) in [7, 11) is 0. The van der Waals surface area contributed by atoms with Crippen molar-refractivity contribution >= 4 is 33.2 Å². The molecule has 20 heavy (non-hydrogen) atoms. The summed E-state index contributed by atoms with van der Waals surface area (Å²) in [6.45, 7) is 0. The van der Waals surface area contributed by atoms with Crippen molar-refractivity contribution in [3.8, 4) is 5.75 Å². The minimum Gasteiger partial charge on any atom is -0.508 e. The third-order valence-corrected chi connectivity index (χ3v) is 4.31. The highest BCUT2D eigenvalue weighted by atomic mass is 79.9. The lowest BCUT2D eigenvalue weighted by molar-refractivity contribution is 0.471. The number of fused-ring (bicyclic) bond motifs is 1. The van der Waals surface area contributed by atoms with E-state index in [9.17, 15) is 5.11 Å². The smallest absolute Gasteiger partial charge is 0.152 e. The first kappa shape index (κ1) is 13.7. The second-order valence-corrected chi connectivity index (χ2v) is 6.24. The molecule has 1 aromatic carbocycles. The van der Waals surface area contributed by atoms with Crippen molar-refractivity contribution in [1.82, 2.24) is 4.98 Å². The molecule has 0 aliphatic heterocycles. The predicted molar refractivity (Wildman–Crippen MR) is 84.4 cm³/mol. The van der Waals surface area contributed by atoms with Gasteiger partial charge in [-0.25, -0.2) is 4.98 Å². The molecular weight excluding hydrogens is 340 g/mol. The van der Waals surface area contributed by atoms with Crippen molar-refractivity contribution in [3.63, 3.8) is 0 Å². The van der Waals surface area contributed by atoms with Gasteiger partial charge in [-0.3, -0.25) is 0 Å². The molecule has 1 aliphatic rings. The van der Waals surface area contributed by atoms with Gasteiger partial charge in [0.1, 0.15) is 5.75 Å². The number of hydrogen-bond acceptors (Lipinski definition) is 3. The van der Waals surface area contributed by atoms with E-state index in [1.54, 1.807) is 12.3 Å². The number of aryl methyl sites for hydroxylation is 1. The van der Waals surface area contributed by atoms with Crippen LogP contribution in [0, 0.1) is 0 Å². The molecule has 1 heterocycles. The lowest BCUT2D eigenvalue weighted by Gasteiger charge is -2.27. The maximum absolute atomic E-state index is 9.70. The van der Waals surface area contributed by atoms with Crippen LogP contribution in [0.15, 0.2) is 34.9 Å². The van der Waals surface area contributed by atoms with Crippen LogP contribution in [-0.4, -0.2) is 10.1 Å². The number of phenolic OH excluding ortho intramolecular Hbond substituents is 1. The summed E-state index contributed by atoms with van der Waals surface area (Å²) in [6, 6.07) is 7.66. The van der Waals surface area contributed by atoms with E-state index >= 15 is 0 Å². The Hall–Kier alpha value is -1.26. The lowest BCUT2D eigenvalue weighted by Crippen LogP contribution is -2.17. The van der Waals surface area contributed by atoms with E-state index in [-0.39, 0.29) is 6.04 Å². The molecule has 3 rings (SSSR count). The molecule has 0 saturated carbocycles. The number of halogens is 2. The maximum Gasteiger partial charge on any atom is 0.152 e. The summed E-state index contributed by atoms with van der Waals surface area (Å²) in [4.78, 5) is 4.12. The van der Waals surface area contributed by atoms with Crippen LogP contribution >= 0.6 is 27.5 Å². The zero-order valence-electron chi connectivity index (χ0n) is 10.7. The normalized spacial score (nSPS) is 17.6. The minimum atomic E-state index is 0.152. The maximum atomic E-state index is 9.70. The van der Waals surface area contributed by atoms with Crippen LogP contribution in [0.25, 0.3) is 0 Å². The molecule has 1 aromatic heterocycles. The zero-order chi connectivity index (χ0) is 14.1. The first-order valence-corrected chi connectivity index (χ1v) is 7.70. The fourth-order valence-corrected chi connectivity index (χ4v) is 3.14. The first-order chi connectivity index (χ1) is 9.63. The highest BCUT2D eigenvalue weighted by Crippen LogP contribution is 2.36. The van der Waals surface area contributed by atoms with Gasteiger partial charge in [-0.1, -0.05) is 17.7 Å². The van der Waals surface area contributed by atoms with Crippen LogP contribution in [0.5, 0.6) is 5.75 Å². The highest BCUT2D eigenvalue weighted by Gasteiger charge is 2.21. The standard InChI is InChI=1S/C15H14BrClN2O/c16-10-6-14(15(17)18-8-10)19-13-3-1-2-9-4-5-11(20)7-12(9)13/h4-8,13,19-20H,1-3H2. The molecule has 2 aromatic rings.